The average Bonchev–Trinajstić information content (AvgIpc) is 2.04. The third-order valence-electron chi connectivity index (χ3n) is 2.12. The van der Waals surface area contributed by atoms with Gasteiger partial charge in [0, 0.05) is 12.8 Å². The van der Waals surface area contributed by atoms with Crippen LogP contribution in [0, 0.1) is 5.92 Å². The molecule has 0 heterocycles. The molecule has 0 rings (SSSR count). The molecule has 0 unspecified atom stereocenters. The highest BCUT2D eigenvalue weighted by molar-refractivity contribution is 5.78. The molecule has 78 valence electrons. The van der Waals surface area contributed by atoms with E-state index in [1.54, 1.807) is 0 Å². The van der Waals surface area contributed by atoms with Crippen LogP contribution in [-0.2, 0) is 4.79 Å². The summed E-state index contributed by atoms with van der Waals surface area (Å²) in [6.07, 6.45) is 4.76. The van der Waals surface area contributed by atoms with Gasteiger partial charge in [-0.3, -0.25) is 4.79 Å². The molecule has 0 aromatic carbocycles. The van der Waals surface area contributed by atoms with Gasteiger partial charge in [0.25, 0.3) is 0 Å². The summed E-state index contributed by atoms with van der Waals surface area (Å²) < 4.78 is 0. The Morgan fingerprint density at radius 1 is 1.23 bits per heavy atom. The minimum absolute atomic E-state index is 0.427. The molecule has 0 radical (unpaired) electrons. The van der Waals surface area contributed by atoms with E-state index in [0.717, 1.165) is 38.1 Å². The Hall–Kier alpha value is -0.370. The molecule has 0 aromatic heterocycles. The van der Waals surface area contributed by atoms with E-state index in [4.69, 9.17) is 0 Å². The molecule has 0 aliphatic carbocycles. The molecular formula is C11H23NO. The monoisotopic (exact) mass is 185 g/mol. The first kappa shape index (κ1) is 12.6. The van der Waals surface area contributed by atoms with E-state index in [9.17, 15) is 4.79 Å². The van der Waals surface area contributed by atoms with Crippen molar-refractivity contribution in [2.45, 2.75) is 46.0 Å². The molecule has 1 N–H and O–H groups in total. The number of carbonyl (C=O) groups is 1. The van der Waals surface area contributed by atoms with Crippen LogP contribution in [0.15, 0.2) is 0 Å². The molecule has 0 atom stereocenters. The van der Waals surface area contributed by atoms with Crippen molar-refractivity contribution in [3.05, 3.63) is 0 Å². The summed E-state index contributed by atoms with van der Waals surface area (Å²) in [5.74, 6) is 1.15. The van der Waals surface area contributed by atoms with Crippen molar-refractivity contribution in [2.75, 3.05) is 13.6 Å². The molecule has 0 aliphatic heterocycles. The summed E-state index contributed by atoms with van der Waals surface area (Å²) in [6, 6.07) is 0. The molecule has 0 amide bonds. The topological polar surface area (TPSA) is 29.1 Å². The fraction of sp³-hybridized carbons (Fsp3) is 0.909. The van der Waals surface area contributed by atoms with Crippen molar-refractivity contribution in [2.24, 2.45) is 5.92 Å². The Kier molecular flexibility index (Phi) is 8.00. The Morgan fingerprint density at radius 2 is 1.85 bits per heavy atom. The second kappa shape index (κ2) is 8.24. The van der Waals surface area contributed by atoms with Crippen LogP contribution < -0.4 is 5.32 Å². The van der Waals surface area contributed by atoms with Gasteiger partial charge in [-0.2, -0.15) is 0 Å². The number of hydrogen-bond acceptors (Lipinski definition) is 2. The zero-order valence-electron chi connectivity index (χ0n) is 9.23. The van der Waals surface area contributed by atoms with Crippen LogP contribution in [0.1, 0.15) is 46.0 Å². The van der Waals surface area contributed by atoms with Gasteiger partial charge in [0.1, 0.15) is 5.78 Å². The highest BCUT2D eigenvalue weighted by atomic mass is 16.1. The van der Waals surface area contributed by atoms with Crippen molar-refractivity contribution in [1.82, 2.24) is 5.32 Å². The molecule has 0 bridgehead atoms. The average molecular weight is 185 g/mol. The summed E-state index contributed by atoms with van der Waals surface area (Å²) in [7, 11) is 1.92. The summed E-state index contributed by atoms with van der Waals surface area (Å²) >= 11 is 0. The zero-order chi connectivity index (χ0) is 10.1. The normalized spacial score (nSPS) is 10.8. The van der Waals surface area contributed by atoms with Crippen molar-refractivity contribution in [1.29, 1.82) is 0 Å². The highest BCUT2D eigenvalue weighted by Gasteiger charge is 2.02. The fourth-order valence-electron chi connectivity index (χ4n) is 1.29. The molecular weight excluding hydrogens is 162 g/mol. The summed E-state index contributed by atoms with van der Waals surface area (Å²) in [6.45, 7) is 5.35. The maximum atomic E-state index is 11.3. The first-order chi connectivity index (χ1) is 6.16. The predicted octanol–water partition coefficient (Wildman–Crippen LogP) is 2.38. The Labute approximate surface area is 82.1 Å². The second-order valence-corrected chi connectivity index (χ2v) is 4.03. The molecule has 13 heavy (non-hydrogen) atoms. The van der Waals surface area contributed by atoms with E-state index in [1.165, 1.54) is 6.42 Å². The molecule has 2 heteroatoms. The Balaban J connectivity index is 3.20. The lowest BCUT2D eigenvalue weighted by Crippen LogP contribution is -2.09. The van der Waals surface area contributed by atoms with E-state index in [-0.39, 0.29) is 0 Å². The van der Waals surface area contributed by atoms with Crippen molar-refractivity contribution in [3.63, 3.8) is 0 Å². The van der Waals surface area contributed by atoms with Gasteiger partial charge in [-0.1, -0.05) is 20.3 Å². The summed E-state index contributed by atoms with van der Waals surface area (Å²) in [5.41, 5.74) is 0. The SMILES string of the molecule is CNCCCC(=O)CCCC(C)C. The second-order valence-electron chi connectivity index (χ2n) is 4.03. The van der Waals surface area contributed by atoms with Crippen LogP contribution in [0.5, 0.6) is 0 Å². The van der Waals surface area contributed by atoms with E-state index < -0.39 is 0 Å². The van der Waals surface area contributed by atoms with Gasteiger partial charge in [-0.25, -0.2) is 0 Å². The summed E-state index contributed by atoms with van der Waals surface area (Å²) in [4.78, 5) is 11.3. The summed E-state index contributed by atoms with van der Waals surface area (Å²) in [5, 5.41) is 3.05. The lowest BCUT2D eigenvalue weighted by Gasteiger charge is -2.03. The van der Waals surface area contributed by atoms with Crippen LogP contribution >= 0.6 is 0 Å². The zero-order valence-corrected chi connectivity index (χ0v) is 9.23. The molecule has 0 saturated heterocycles. The smallest absolute Gasteiger partial charge is 0.132 e. The largest absolute Gasteiger partial charge is 0.320 e. The predicted molar refractivity (Wildman–Crippen MR) is 56.9 cm³/mol. The fourth-order valence-corrected chi connectivity index (χ4v) is 1.29. The number of rotatable bonds is 8. The van der Waals surface area contributed by atoms with Gasteiger partial charge < -0.3 is 5.32 Å². The maximum Gasteiger partial charge on any atom is 0.132 e. The maximum absolute atomic E-state index is 11.3. The third kappa shape index (κ3) is 9.54. The third-order valence-corrected chi connectivity index (χ3v) is 2.12. The van der Waals surface area contributed by atoms with E-state index in [1.807, 2.05) is 7.05 Å². The Bertz CT molecular complexity index is 132. The number of ketones is 1. The molecule has 0 spiro atoms. The number of Topliss-reactive ketones (excluding diaryl/α,β-unsaturated/α-hetero) is 1. The lowest BCUT2D eigenvalue weighted by atomic mass is 10.0. The van der Waals surface area contributed by atoms with Crippen LogP contribution in [0.4, 0.5) is 0 Å². The lowest BCUT2D eigenvalue weighted by molar-refractivity contribution is -0.119. The molecule has 0 fully saturated rings. The van der Waals surface area contributed by atoms with Crippen LogP contribution in [0.25, 0.3) is 0 Å². The first-order valence-corrected chi connectivity index (χ1v) is 5.33. The van der Waals surface area contributed by atoms with Crippen LogP contribution in [0.2, 0.25) is 0 Å². The highest BCUT2D eigenvalue weighted by Crippen LogP contribution is 2.07. The molecule has 0 aliphatic rings. The van der Waals surface area contributed by atoms with Crippen LogP contribution in [0.3, 0.4) is 0 Å². The Morgan fingerprint density at radius 3 is 2.38 bits per heavy atom. The van der Waals surface area contributed by atoms with E-state index >= 15 is 0 Å². The van der Waals surface area contributed by atoms with E-state index in [0.29, 0.717) is 5.78 Å². The number of nitrogens with one attached hydrogen (secondary N) is 1. The van der Waals surface area contributed by atoms with Gasteiger partial charge in [-0.05, 0) is 32.4 Å². The number of hydrogen-bond donors (Lipinski definition) is 1. The van der Waals surface area contributed by atoms with Gasteiger partial charge in [0.15, 0.2) is 0 Å². The van der Waals surface area contributed by atoms with Gasteiger partial charge in [-0.15, -0.1) is 0 Å². The van der Waals surface area contributed by atoms with Crippen molar-refractivity contribution in [3.8, 4) is 0 Å². The van der Waals surface area contributed by atoms with E-state index in [2.05, 4.69) is 19.2 Å². The quantitative estimate of drug-likeness (QED) is 0.588. The van der Waals surface area contributed by atoms with Gasteiger partial charge >= 0.3 is 0 Å². The van der Waals surface area contributed by atoms with Crippen molar-refractivity contribution < 1.29 is 4.79 Å². The minimum atomic E-state index is 0.427. The van der Waals surface area contributed by atoms with Crippen molar-refractivity contribution >= 4 is 5.78 Å². The molecule has 2 nitrogen and oxygen atoms in total. The molecule has 0 saturated carbocycles. The molecule has 0 aromatic rings. The van der Waals surface area contributed by atoms with Gasteiger partial charge in [0.05, 0.1) is 0 Å². The standard InChI is InChI=1S/C11H23NO/c1-10(2)6-4-7-11(13)8-5-9-12-3/h10,12H,4-9H2,1-3H3. The first-order valence-electron chi connectivity index (χ1n) is 5.33. The van der Waals surface area contributed by atoms with Crippen LogP contribution in [-0.4, -0.2) is 19.4 Å². The number of carbonyl (C=O) groups excluding carboxylic acids is 1. The minimum Gasteiger partial charge on any atom is -0.320 e. The van der Waals surface area contributed by atoms with Gasteiger partial charge in [0.2, 0.25) is 0 Å².